The van der Waals surface area contributed by atoms with Gasteiger partial charge in [-0.15, -0.1) is 0 Å². The molecule has 6 heteroatoms. The highest BCUT2D eigenvalue weighted by Gasteiger charge is 2.25. The smallest absolute Gasteiger partial charge is 0.240 e. The first-order chi connectivity index (χ1) is 9.53. The Balaban J connectivity index is 2.09. The van der Waals surface area contributed by atoms with Gasteiger partial charge in [-0.25, -0.2) is 13.1 Å². The summed E-state index contributed by atoms with van der Waals surface area (Å²) in [5.41, 5.74) is 6.36. The Bertz CT molecular complexity index is 539. The molecule has 2 rings (SSSR count). The van der Waals surface area contributed by atoms with Crippen LogP contribution in [0.4, 0.5) is 0 Å². The molecule has 1 fully saturated rings. The Morgan fingerprint density at radius 3 is 2.75 bits per heavy atom. The standard InChI is InChI=1S/C14H22N2O3S/c1-11(13-5-7-19-8-6-13)16-20(17,18)14-4-2-3-12(9-14)10-15/h2-4,9,11,13,16H,5-8,10,15H2,1H3. The molecule has 3 N–H and O–H groups in total. The van der Waals surface area contributed by atoms with Crippen molar-refractivity contribution in [2.45, 2.75) is 37.2 Å². The van der Waals surface area contributed by atoms with E-state index in [-0.39, 0.29) is 10.9 Å². The summed E-state index contributed by atoms with van der Waals surface area (Å²) >= 11 is 0. The molecule has 112 valence electrons. The first-order valence-electron chi connectivity index (χ1n) is 6.92. The van der Waals surface area contributed by atoms with Crippen molar-refractivity contribution in [1.82, 2.24) is 4.72 Å². The molecule has 1 aromatic rings. The topological polar surface area (TPSA) is 81.4 Å². The van der Waals surface area contributed by atoms with Crippen LogP contribution < -0.4 is 10.5 Å². The number of ether oxygens (including phenoxy) is 1. The monoisotopic (exact) mass is 298 g/mol. The number of sulfonamides is 1. The molecule has 1 aromatic carbocycles. The van der Waals surface area contributed by atoms with E-state index in [2.05, 4.69) is 4.72 Å². The molecule has 5 nitrogen and oxygen atoms in total. The van der Waals surface area contributed by atoms with E-state index in [1.807, 2.05) is 13.0 Å². The maximum absolute atomic E-state index is 12.4. The van der Waals surface area contributed by atoms with Crippen LogP contribution in [0.5, 0.6) is 0 Å². The van der Waals surface area contributed by atoms with E-state index in [4.69, 9.17) is 10.5 Å². The lowest BCUT2D eigenvalue weighted by molar-refractivity contribution is 0.0585. The summed E-state index contributed by atoms with van der Waals surface area (Å²) in [5.74, 6) is 0.330. The normalized spacial score (nSPS) is 18.9. The van der Waals surface area contributed by atoms with Gasteiger partial charge in [0.25, 0.3) is 0 Å². The van der Waals surface area contributed by atoms with Crippen LogP contribution in [-0.2, 0) is 21.3 Å². The van der Waals surface area contributed by atoms with Crippen molar-refractivity contribution in [3.63, 3.8) is 0 Å². The molecule has 1 atom stereocenters. The zero-order chi connectivity index (χ0) is 14.6. The predicted molar refractivity (Wildman–Crippen MR) is 77.7 cm³/mol. The molecule has 0 aliphatic carbocycles. The van der Waals surface area contributed by atoms with Crippen LogP contribution >= 0.6 is 0 Å². The second-order valence-electron chi connectivity index (χ2n) is 5.21. The van der Waals surface area contributed by atoms with Crippen molar-refractivity contribution in [3.8, 4) is 0 Å². The third-order valence-electron chi connectivity index (χ3n) is 3.76. The number of hydrogen-bond acceptors (Lipinski definition) is 4. The van der Waals surface area contributed by atoms with E-state index in [1.165, 1.54) is 0 Å². The van der Waals surface area contributed by atoms with Crippen molar-refractivity contribution < 1.29 is 13.2 Å². The Kier molecular flexibility index (Phi) is 5.15. The molecule has 0 spiro atoms. The Labute approximate surface area is 120 Å². The molecule has 1 aliphatic heterocycles. The number of nitrogens with one attached hydrogen (secondary N) is 1. The molecular weight excluding hydrogens is 276 g/mol. The summed E-state index contributed by atoms with van der Waals surface area (Å²) in [5, 5.41) is 0. The molecule has 1 unspecified atom stereocenters. The van der Waals surface area contributed by atoms with E-state index >= 15 is 0 Å². The Morgan fingerprint density at radius 2 is 2.10 bits per heavy atom. The van der Waals surface area contributed by atoms with Crippen molar-refractivity contribution in [1.29, 1.82) is 0 Å². The van der Waals surface area contributed by atoms with Crippen LogP contribution in [-0.4, -0.2) is 27.7 Å². The lowest BCUT2D eigenvalue weighted by Crippen LogP contribution is -2.40. The molecule has 20 heavy (non-hydrogen) atoms. The summed E-state index contributed by atoms with van der Waals surface area (Å²) in [6, 6.07) is 6.67. The summed E-state index contributed by atoms with van der Waals surface area (Å²) in [6.07, 6.45) is 1.79. The molecule has 1 aliphatic rings. The van der Waals surface area contributed by atoms with Crippen LogP contribution in [0.25, 0.3) is 0 Å². The first-order valence-corrected chi connectivity index (χ1v) is 8.40. The van der Waals surface area contributed by atoms with E-state index in [1.54, 1.807) is 18.2 Å². The van der Waals surface area contributed by atoms with Gasteiger partial charge in [-0.3, -0.25) is 0 Å². The average molecular weight is 298 g/mol. The fourth-order valence-corrected chi connectivity index (χ4v) is 3.85. The van der Waals surface area contributed by atoms with Crippen LogP contribution in [0.1, 0.15) is 25.3 Å². The number of rotatable bonds is 5. The van der Waals surface area contributed by atoms with Crippen LogP contribution in [0, 0.1) is 5.92 Å². The molecule has 1 heterocycles. The molecular formula is C14H22N2O3S. The van der Waals surface area contributed by atoms with Crippen molar-refractivity contribution >= 4 is 10.0 Å². The van der Waals surface area contributed by atoms with Gasteiger partial charge < -0.3 is 10.5 Å². The molecule has 1 saturated heterocycles. The van der Waals surface area contributed by atoms with E-state index in [9.17, 15) is 8.42 Å². The molecule has 0 aromatic heterocycles. The van der Waals surface area contributed by atoms with Gasteiger partial charge in [-0.1, -0.05) is 12.1 Å². The molecule has 0 saturated carbocycles. The highest BCUT2D eigenvalue weighted by molar-refractivity contribution is 7.89. The second-order valence-corrected chi connectivity index (χ2v) is 6.93. The maximum atomic E-state index is 12.4. The van der Waals surface area contributed by atoms with Crippen LogP contribution in [0.3, 0.4) is 0 Å². The number of nitrogens with two attached hydrogens (primary N) is 1. The Morgan fingerprint density at radius 1 is 1.40 bits per heavy atom. The molecule has 0 bridgehead atoms. The summed E-state index contributed by atoms with van der Waals surface area (Å²) in [6.45, 7) is 3.66. The van der Waals surface area contributed by atoms with E-state index in [0.29, 0.717) is 25.7 Å². The highest BCUT2D eigenvalue weighted by Crippen LogP contribution is 2.20. The third-order valence-corrected chi connectivity index (χ3v) is 5.32. The minimum Gasteiger partial charge on any atom is -0.381 e. The summed E-state index contributed by atoms with van der Waals surface area (Å²) in [7, 11) is -3.49. The van der Waals surface area contributed by atoms with Crippen LogP contribution in [0.2, 0.25) is 0 Å². The van der Waals surface area contributed by atoms with E-state index in [0.717, 1.165) is 18.4 Å². The predicted octanol–water partition coefficient (Wildman–Crippen LogP) is 1.24. The maximum Gasteiger partial charge on any atom is 0.240 e. The van der Waals surface area contributed by atoms with Gasteiger partial charge in [0, 0.05) is 25.8 Å². The number of hydrogen-bond donors (Lipinski definition) is 2. The lowest BCUT2D eigenvalue weighted by Gasteiger charge is -2.28. The fourth-order valence-electron chi connectivity index (χ4n) is 2.46. The second kappa shape index (κ2) is 6.67. The zero-order valence-electron chi connectivity index (χ0n) is 11.7. The molecule has 0 amide bonds. The van der Waals surface area contributed by atoms with Gasteiger partial charge in [0.1, 0.15) is 0 Å². The van der Waals surface area contributed by atoms with Crippen molar-refractivity contribution in [3.05, 3.63) is 29.8 Å². The van der Waals surface area contributed by atoms with Gasteiger partial charge in [-0.05, 0) is 43.4 Å². The third kappa shape index (κ3) is 3.79. The largest absolute Gasteiger partial charge is 0.381 e. The summed E-state index contributed by atoms with van der Waals surface area (Å²) in [4.78, 5) is 0.277. The average Bonchev–Trinajstić information content (AvgIpc) is 2.48. The van der Waals surface area contributed by atoms with Gasteiger partial charge in [0.2, 0.25) is 10.0 Å². The zero-order valence-corrected chi connectivity index (χ0v) is 12.5. The fraction of sp³-hybridized carbons (Fsp3) is 0.571. The molecule has 0 radical (unpaired) electrons. The van der Waals surface area contributed by atoms with Gasteiger partial charge >= 0.3 is 0 Å². The van der Waals surface area contributed by atoms with Gasteiger partial charge in [0.05, 0.1) is 4.90 Å². The minimum atomic E-state index is -3.49. The van der Waals surface area contributed by atoms with Crippen molar-refractivity contribution in [2.75, 3.05) is 13.2 Å². The Hall–Kier alpha value is -0.950. The highest BCUT2D eigenvalue weighted by atomic mass is 32.2. The SMILES string of the molecule is CC(NS(=O)(=O)c1cccc(CN)c1)C1CCOCC1. The summed E-state index contributed by atoms with van der Waals surface area (Å²) < 4.78 is 32.8. The van der Waals surface area contributed by atoms with Crippen molar-refractivity contribution in [2.24, 2.45) is 11.7 Å². The first kappa shape index (κ1) is 15.4. The lowest BCUT2D eigenvalue weighted by atomic mass is 9.94. The van der Waals surface area contributed by atoms with Crippen LogP contribution in [0.15, 0.2) is 29.2 Å². The van der Waals surface area contributed by atoms with Gasteiger partial charge in [0.15, 0.2) is 0 Å². The van der Waals surface area contributed by atoms with E-state index < -0.39 is 10.0 Å². The number of benzene rings is 1. The van der Waals surface area contributed by atoms with Gasteiger partial charge in [-0.2, -0.15) is 0 Å². The quantitative estimate of drug-likeness (QED) is 0.857. The minimum absolute atomic E-state index is 0.0922.